The highest BCUT2D eigenvalue weighted by molar-refractivity contribution is 5.94. The van der Waals surface area contributed by atoms with Crippen molar-refractivity contribution in [1.82, 2.24) is 19.9 Å². The van der Waals surface area contributed by atoms with Crippen LogP contribution in [-0.2, 0) is 20.4 Å². The summed E-state index contributed by atoms with van der Waals surface area (Å²) in [6, 6.07) is 2.18. The van der Waals surface area contributed by atoms with E-state index in [2.05, 4.69) is 25.0 Å². The Balaban J connectivity index is 1.57. The lowest BCUT2D eigenvalue weighted by Crippen LogP contribution is -2.58. The van der Waals surface area contributed by atoms with Crippen molar-refractivity contribution in [3.8, 4) is 0 Å². The number of nitrogens with one attached hydrogen (secondary N) is 1. The Hall–Kier alpha value is -3.32. The van der Waals surface area contributed by atoms with Gasteiger partial charge in [0.2, 0.25) is 0 Å². The monoisotopic (exact) mass is 481 g/mol. The van der Waals surface area contributed by atoms with Crippen LogP contribution in [-0.4, -0.2) is 76.0 Å². The van der Waals surface area contributed by atoms with Gasteiger partial charge >= 0.3 is 12.1 Å². The first kappa shape index (κ1) is 23.8. The van der Waals surface area contributed by atoms with E-state index in [0.717, 1.165) is 0 Å². The molecule has 0 radical (unpaired) electrons. The molecule has 4 heterocycles. The van der Waals surface area contributed by atoms with E-state index < -0.39 is 47.8 Å². The Morgan fingerprint density at radius 1 is 1.18 bits per heavy atom. The number of fused-ring (bicyclic) bond motifs is 1. The van der Waals surface area contributed by atoms with Crippen molar-refractivity contribution in [3.63, 3.8) is 0 Å². The number of anilines is 1. The first-order valence-corrected chi connectivity index (χ1v) is 10.3. The summed E-state index contributed by atoms with van der Waals surface area (Å²) >= 11 is 0. The summed E-state index contributed by atoms with van der Waals surface area (Å²) < 4.78 is 55.7. The molecule has 1 N–H and O–H groups in total. The molecule has 2 fully saturated rings. The lowest BCUT2D eigenvalue weighted by atomic mass is 9.99. The molecule has 0 unspecified atom stereocenters. The highest BCUT2D eigenvalue weighted by atomic mass is 19.4. The number of alkyl halides is 3. The van der Waals surface area contributed by atoms with E-state index >= 15 is 0 Å². The number of halogens is 3. The Morgan fingerprint density at radius 2 is 1.94 bits per heavy atom. The smallest absolute Gasteiger partial charge is 0.434 e. The number of methoxy groups -OCH3 is 1. The number of nitrogens with zero attached hydrogens (tertiary/aromatic N) is 4. The van der Waals surface area contributed by atoms with Gasteiger partial charge in [0, 0.05) is 12.7 Å². The summed E-state index contributed by atoms with van der Waals surface area (Å²) in [5, 5.41) is 2.92. The van der Waals surface area contributed by atoms with Gasteiger partial charge in [-0.25, -0.2) is 9.78 Å². The van der Waals surface area contributed by atoms with E-state index in [1.54, 1.807) is 13.8 Å². The molecule has 13 heteroatoms. The Morgan fingerprint density at radius 3 is 2.59 bits per heavy atom. The molecular weight excluding hydrogens is 459 g/mol. The second-order valence-corrected chi connectivity index (χ2v) is 8.31. The first-order chi connectivity index (χ1) is 16.0. The average molecular weight is 481 g/mol. The fourth-order valence-corrected chi connectivity index (χ4v) is 3.96. The molecule has 2 aromatic heterocycles. The normalized spacial score (nSPS) is 23.8. The van der Waals surface area contributed by atoms with Crippen molar-refractivity contribution < 1.29 is 37.0 Å². The van der Waals surface area contributed by atoms with Gasteiger partial charge in [-0.15, -0.1) is 0 Å². The van der Waals surface area contributed by atoms with Crippen molar-refractivity contribution in [2.75, 3.05) is 25.5 Å². The highest BCUT2D eigenvalue weighted by Gasteiger charge is 2.50. The molecule has 0 aromatic carbocycles. The van der Waals surface area contributed by atoms with Crippen molar-refractivity contribution in [2.45, 2.75) is 44.1 Å². The molecule has 0 bridgehead atoms. The average Bonchev–Trinajstić information content (AvgIpc) is 3.12. The number of piperidine rings is 1. The molecule has 3 atom stereocenters. The Bertz CT molecular complexity index is 1080. The second kappa shape index (κ2) is 8.80. The van der Waals surface area contributed by atoms with Crippen LogP contribution < -0.4 is 5.32 Å². The van der Waals surface area contributed by atoms with Gasteiger partial charge in [-0.2, -0.15) is 13.2 Å². The summed E-state index contributed by atoms with van der Waals surface area (Å²) in [6.07, 6.45) is -2.72. The molecule has 4 rings (SSSR count). The van der Waals surface area contributed by atoms with Crippen LogP contribution in [0.2, 0.25) is 0 Å². The van der Waals surface area contributed by atoms with Crippen molar-refractivity contribution in [3.05, 3.63) is 47.7 Å². The van der Waals surface area contributed by atoms with Crippen molar-refractivity contribution in [2.24, 2.45) is 0 Å². The highest BCUT2D eigenvalue weighted by Crippen LogP contribution is 2.35. The number of ether oxygens (including phenoxy) is 3. The number of likely N-dealkylation sites (tertiary alicyclic amines) is 1. The summed E-state index contributed by atoms with van der Waals surface area (Å²) in [5.74, 6) is -2.09. The lowest BCUT2D eigenvalue weighted by molar-refractivity contribution is -0.145. The molecular formula is C21H22F3N5O5. The van der Waals surface area contributed by atoms with Crippen LogP contribution in [0.15, 0.2) is 30.7 Å². The largest absolute Gasteiger partial charge is 0.465 e. The number of amides is 1. The SMILES string of the molecule is COC(=O)c1ccc(C(=O)N2C[C@H](Nc3cncc(C(F)(F)F)n3)[C@H]3OC(C)(C)O[C@H]3C2)nc1. The fourth-order valence-electron chi connectivity index (χ4n) is 3.96. The van der Waals surface area contributed by atoms with Gasteiger partial charge in [0.25, 0.3) is 5.91 Å². The minimum atomic E-state index is -4.65. The fraction of sp³-hybridized carbons (Fsp3) is 0.476. The molecule has 0 aliphatic carbocycles. The Labute approximate surface area is 192 Å². The first-order valence-electron chi connectivity index (χ1n) is 10.3. The second-order valence-electron chi connectivity index (χ2n) is 8.31. The van der Waals surface area contributed by atoms with Gasteiger partial charge in [0.1, 0.15) is 23.7 Å². The van der Waals surface area contributed by atoms with E-state index in [1.807, 2.05) is 0 Å². The minimum Gasteiger partial charge on any atom is -0.465 e. The minimum absolute atomic E-state index is 0.0811. The number of carbonyl (C=O) groups excluding carboxylic acids is 2. The zero-order valence-corrected chi connectivity index (χ0v) is 18.5. The summed E-state index contributed by atoms with van der Waals surface area (Å²) in [5.41, 5.74) is -0.867. The lowest BCUT2D eigenvalue weighted by Gasteiger charge is -2.39. The third kappa shape index (κ3) is 4.94. The number of esters is 1. The van der Waals surface area contributed by atoms with Gasteiger partial charge in [-0.1, -0.05) is 0 Å². The quantitative estimate of drug-likeness (QED) is 0.656. The van der Waals surface area contributed by atoms with Crippen LogP contribution in [0.1, 0.15) is 40.4 Å². The number of pyridine rings is 1. The van der Waals surface area contributed by atoms with Gasteiger partial charge in [0.15, 0.2) is 11.5 Å². The van der Waals surface area contributed by atoms with Crippen molar-refractivity contribution in [1.29, 1.82) is 0 Å². The van der Waals surface area contributed by atoms with E-state index in [9.17, 15) is 22.8 Å². The van der Waals surface area contributed by atoms with Crippen LogP contribution >= 0.6 is 0 Å². The topological polar surface area (TPSA) is 116 Å². The van der Waals surface area contributed by atoms with Crippen LogP contribution in [0.5, 0.6) is 0 Å². The molecule has 182 valence electrons. The van der Waals surface area contributed by atoms with Crippen molar-refractivity contribution >= 4 is 17.7 Å². The molecule has 2 aromatic rings. The van der Waals surface area contributed by atoms with E-state index in [0.29, 0.717) is 6.20 Å². The van der Waals surface area contributed by atoms with E-state index in [1.165, 1.54) is 36.5 Å². The van der Waals surface area contributed by atoms with Gasteiger partial charge in [-0.3, -0.25) is 14.8 Å². The number of hydrogen-bond acceptors (Lipinski definition) is 9. The van der Waals surface area contributed by atoms with Crippen LogP contribution in [0.25, 0.3) is 0 Å². The summed E-state index contributed by atoms with van der Waals surface area (Å²) in [7, 11) is 1.23. The number of hydrogen-bond donors (Lipinski definition) is 1. The van der Waals surface area contributed by atoms with Crippen LogP contribution in [0.3, 0.4) is 0 Å². The predicted octanol–water partition coefficient (Wildman–Crippen LogP) is 2.13. The summed E-state index contributed by atoms with van der Waals surface area (Å²) in [4.78, 5) is 37.5. The molecule has 1 amide bonds. The molecule has 2 aliphatic heterocycles. The molecule has 34 heavy (non-hydrogen) atoms. The summed E-state index contributed by atoms with van der Waals surface area (Å²) in [6.45, 7) is 3.69. The molecule has 0 spiro atoms. The van der Waals surface area contributed by atoms with E-state index in [4.69, 9.17) is 9.47 Å². The number of rotatable bonds is 4. The van der Waals surface area contributed by atoms with Crippen LogP contribution in [0.4, 0.5) is 19.0 Å². The van der Waals surface area contributed by atoms with Gasteiger partial charge < -0.3 is 24.4 Å². The zero-order valence-electron chi connectivity index (χ0n) is 18.5. The molecule has 10 nitrogen and oxygen atoms in total. The third-order valence-electron chi connectivity index (χ3n) is 5.38. The number of carbonyl (C=O) groups is 2. The van der Waals surface area contributed by atoms with Gasteiger partial charge in [0.05, 0.1) is 37.7 Å². The molecule has 0 saturated carbocycles. The predicted molar refractivity (Wildman–Crippen MR) is 110 cm³/mol. The third-order valence-corrected chi connectivity index (χ3v) is 5.38. The zero-order chi connectivity index (χ0) is 24.7. The Kier molecular flexibility index (Phi) is 6.16. The molecule has 2 saturated heterocycles. The van der Waals surface area contributed by atoms with Crippen LogP contribution in [0, 0.1) is 0 Å². The maximum absolute atomic E-state index is 13.1. The van der Waals surface area contributed by atoms with Gasteiger partial charge in [-0.05, 0) is 26.0 Å². The molecule has 2 aliphatic rings. The number of aromatic nitrogens is 3. The van der Waals surface area contributed by atoms with E-state index in [-0.39, 0.29) is 30.2 Å². The maximum Gasteiger partial charge on any atom is 0.434 e. The maximum atomic E-state index is 13.1. The standard InChI is InChI=1S/C21H22F3N5O5/c1-20(2)33-14-10-29(18(30)12-5-4-11(6-26-12)19(31)32-3)9-13(17(14)34-20)27-16-8-25-7-15(28-16)21(22,23)24/h4-8,13-14,17H,9-10H2,1-3H3,(H,27,28)/t13-,14-,17+/m0/s1.